The van der Waals surface area contributed by atoms with Crippen LogP contribution in [-0.2, 0) is 4.79 Å². The van der Waals surface area contributed by atoms with Crippen LogP contribution in [-0.4, -0.2) is 22.7 Å². The quantitative estimate of drug-likeness (QED) is 0.900. The van der Waals surface area contributed by atoms with Crippen LogP contribution in [0.5, 0.6) is 5.75 Å². The lowest BCUT2D eigenvalue weighted by Crippen LogP contribution is -2.27. The SMILES string of the molecule is O=C1N=C(NCC2CCCCC2)SC1c1ccccc1O. The minimum absolute atomic E-state index is 0.159. The molecule has 1 aromatic carbocycles. The standard InChI is InChI=1S/C16H20N2O2S/c19-13-9-5-4-8-12(13)14-15(20)18-16(21-14)17-10-11-6-2-1-3-7-11/h4-5,8-9,11,14,19H,1-3,6-7,10H2,(H,17,18,20). The first-order valence-corrected chi connectivity index (χ1v) is 8.43. The molecule has 0 aromatic heterocycles. The average Bonchev–Trinajstić information content (AvgIpc) is 2.88. The van der Waals surface area contributed by atoms with E-state index in [0.29, 0.717) is 16.6 Å². The van der Waals surface area contributed by atoms with E-state index in [2.05, 4.69) is 10.3 Å². The minimum Gasteiger partial charge on any atom is -0.508 e. The van der Waals surface area contributed by atoms with Crippen LogP contribution in [0.1, 0.15) is 42.9 Å². The maximum atomic E-state index is 12.0. The largest absolute Gasteiger partial charge is 0.508 e. The lowest BCUT2D eigenvalue weighted by atomic mass is 9.89. The summed E-state index contributed by atoms with van der Waals surface area (Å²) in [6.07, 6.45) is 6.50. The molecular weight excluding hydrogens is 284 g/mol. The van der Waals surface area contributed by atoms with Gasteiger partial charge >= 0.3 is 0 Å². The van der Waals surface area contributed by atoms with Crippen molar-refractivity contribution in [2.45, 2.75) is 37.4 Å². The van der Waals surface area contributed by atoms with Gasteiger partial charge in [-0.25, -0.2) is 0 Å². The van der Waals surface area contributed by atoms with E-state index < -0.39 is 5.25 Å². The molecule has 1 aliphatic heterocycles. The maximum absolute atomic E-state index is 12.0. The van der Waals surface area contributed by atoms with Gasteiger partial charge in [-0.15, -0.1) is 0 Å². The van der Waals surface area contributed by atoms with Crippen LogP contribution in [0.15, 0.2) is 29.3 Å². The van der Waals surface area contributed by atoms with Crippen LogP contribution in [0.4, 0.5) is 0 Å². The van der Waals surface area contributed by atoms with E-state index in [1.165, 1.54) is 43.9 Å². The highest BCUT2D eigenvalue weighted by Gasteiger charge is 2.31. The Balaban J connectivity index is 1.58. The van der Waals surface area contributed by atoms with Crippen molar-refractivity contribution in [3.05, 3.63) is 29.8 Å². The number of benzene rings is 1. The average molecular weight is 304 g/mol. The van der Waals surface area contributed by atoms with Gasteiger partial charge in [-0.3, -0.25) is 4.79 Å². The molecule has 4 nitrogen and oxygen atoms in total. The van der Waals surface area contributed by atoms with Crippen molar-refractivity contribution in [1.82, 2.24) is 5.32 Å². The number of carbonyl (C=O) groups is 1. The summed E-state index contributed by atoms with van der Waals surface area (Å²) in [7, 11) is 0. The van der Waals surface area contributed by atoms with Gasteiger partial charge in [-0.2, -0.15) is 4.99 Å². The molecule has 0 radical (unpaired) electrons. The number of phenolic OH excluding ortho intramolecular Hbond substituents is 1. The summed E-state index contributed by atoms with van der Waals surface area (Å²) in [4.78, 5) is 16.1. The summed E-state index contributed by atoms with van der Waals surface area (Å²) in [5.74, 6) is 0.668. The minimum atomic E-state index is -0.417. The van der Waals surface area contributed by atoms with E-state index in [-0.39, 0.29) is 11.7 Å². The first kappa shape index (κ1) is 14.4. The van der Waals surface area contributed by atoms with Crippen molar-refractivity contribution < 1.29 is 9.90 Å². The lowest BCUT2D eigenvalue weighted by Gasteiger charge is -2.22. The number of carbonyl (C=O) groups excluding carboxylic acids is 1. The Morgan fingerprint density at radius 2 is 2.00 bits per heavy atom. The molecule has 3 rings (SSSR count). The molecule has 0 saturated heterocycles. The molecule has 1 aromatic rings. The summed E-state index contributed by atoms with van der Waals surface area (Å²) in [6.45, 7) is 0.895. The van der Waals surface area contributed by atoms with Crippen molar-refractivity contribution in [3.63, 3.8) is 0 Å². The van der Waals surface area contributed by atoms with Gasteiger partial charge in [0.1, 0.15) is 11.0 Å². The molecule has 1 unspecified atom stereocenters. The van der Waals surface area contributed by atoms with Crippen LogP contribution in [0.3, 0.4) is 0 Å². The molecule has 21 heavy (non-hydrogen) atoms. The number of para-hydroxylation sites is 1. The molecule has 0 spiro atoms. The second-order valence-corrected chi connectivity index (χ2v) is 6.79. The fraction of sp³-hybridized carbons (Fsp3) is 0.500. The van der Waals surface area contributed by atoms with Gasteiger partial charge in [0, 0.05) is 12.1 Å². The summed E-state index contributed by atoms with van der Waals surface area (Å²) in [6, 6.07) is 6.98. The molecule has 2 N–H and O–H groups in total. The highest BCUT2D eigenvalue weighted by molar-refractivity contribution is 8.15. The number of rotatable bonds is 3. The molecular formula is C16H20N2O2S. The van der Waals surface area contributed by atoms with E-state index >= 15 is 0 Å². The normalized spacial score (nSPS) is 23.1. The molecule has 1 saturated carbocycles. The molecule has 1 amide bonds. The third-order valence-corrected chi connectivity index (χ3v) is 5.30. The molecule has 5 heteroatoms. The molecule has 1 fully saturated rings. The van der Waals surface area contributed by atoms with Crippen molar-refractivity contribution in [3.8, 4) is 5.75 Å². The van der Waals surface area contributed by atoms with Crippen LogP contribution < -0.4 is 5.32 Å². The number of amidine groups is 1. The van der Waals surface area contributed by atoms with Crippen molar-refractivity contribution in [1.29, 1.82) is 0 Å². The summed E-state index contributed by atoms with van der Waals surface area (Å²) in [5.41, 5.74) is 0.644. The van der Waals surface area contributed by atoms with E-state index in [1.807, 2.05) is 6.07 Å². The molecule has 0 bridgehead atoms. The molecule has 2 aliphatic rings. The van der Waals surface area contributed by atoms with Gasteiger partial charge in [-0.1, -0.05) is 49.2 Å². The monoisotopic (exact) mass is 304 g/mol. The Morgan fingerprint density at radius 3 is 2.76 bits per heavy atom. The number of hydrogen-bond acceptors (Lipinski definition) is 4. The number of thioether (sulfide) groups is 1. The number of hydrogen-bond donors (Lipinski definition) is 2. The van der Waals surface area contributed by atoms with Crippen molar-refractivity contribution >= 4 is 22.8 Å². The lowest BCUT2D eigenvalue weighted by molar-refractivity contribution is -0.117. The number of amides is 1. The Bertz CT molecular complexity index is 553. The predicted octanol–water partition coefficient (Wildman–Crippen LogP) is 3.23. The number of aliphatic imine (C=N–C) groups is 1. The third-order valence-electron chi connectivity index (χ3n) is 4.15. The molecule has 1 atom stereocenters. The van der Waals surface area contributed by atoms with Gasteiger partial charge in [0.25, 0.3) is 5.91 Å². The second-order valence-electron chi connectivity index (χ2n) is 5.70. The highest BCUT2D eigenvalue weighted by Crippen LogP contribution is 2.39. The van der Waals surface area contributed by atoms with Crippen molar-refractivity contribution in [2.24, 2.45) is 10.9 Å². The Labute approximate surface area is 129 Å². The van der Waals surface area contributed by atoms with Crippen LogP contribution in [0.25, 0.3) is 0 Å². The van der Waals surface area contributed by atoms with Gasteiger partial charge in [0.05, 0.1) is 0 Å². The van der Waals surface area contributed by atoms with E-state index in [9.17, 15) is 9.90 Å². The maximum Gasteiger partial charge on any atom is 0.266 e. The summed E-state index contributed by atoms with van der Waals surface area (Å²) in [5, 5.41) is 13.5. The predicted molar refractivity (Wildman–Crippen MR) is 85.5 cm³/mol. The topological polar surface area (TPSA) is 61.7 Å². The zero-order valence-corrected chi connectivity index (χ0v) is 12.7. The van der Waals surface area contributed by atoms with E-state index in [1.54, 1.807) is 18.2 Å². The van der Waals surface area contributed by atoms with Crippen molar-refractivity contribution in [2.75, 3.05) is 6.54 Å². The molecule has 112 valence electrons. The summed E-state index contributed by atoms with van der Waals surface area (Å²) < 4.78 is 0. The van der Waals surface area contributed by atoms with Gasteiger partial charge in [0.2, 0.25) is 0 Å². The molecule has 1 heterocycles. The molecule has 1 aliphatic carbocycles. The first-order chi connectivity index (χ1) is 10.2. The first-order valence-electron chi connectivity index (χ1n) is 7.55. The third kappa shape index (κ3) is 3.40. The number of phenols is 1. The highest BCUT2D eigenvalue weighted by atomic mass is 32.2. The number of nitrogens with zero attached hydrogens (tertiary/aromatic N) is 1. The number of nitrogens with one attached hydrogen (secondary N) is 1. The van der Waals surface area contributed by atoms with Gasteiger partial charge in [-0.05, 0) is 24.8 Å². The van der Waals surface area contributed by atoms with Crippen LogP contribution >= 0.6 is 11.8 Å². The number of aromatic hydroxyl groups is 1. The second kappa shape index (κ2) is 6.52. The van der Waals surface area contributed by atoms with Gasteiger partial charge < -0.3 is 10.4 Å². The Morgan fingerprint density at radius 1 is 1.24 bits per heavy atom. The van der Waals surface area contributed by atoms with Gasteiger partial charge in [0.15, 0.2) is 5.17 Å². The Hall–Kier alpha value is -1.49. The fourth-order valence-corrected chi connectivity index (χ4v) is 3.97. The fourth-order valence-electron chi connectivity index (χ4n) is 2.96. The smallest absolute Gasteiger partial charge is 0.266 e. The zero-order valence-electron chi connectivity index (χ0n) is 11.9. The Kier molecular flexibility index (Phi) is 4.48. The van der Waals surface area contributed by atoms with Crippen LogP contribution in [0, 0.1) is 5.92 Å². The zero-order chi connectivity index (χ0) is 14.7. The van der Waals surface area contributed by atoms with E-state index in [0.717, 1.165) is 6.54 Å². The van der Waals surface area contributed by atoms with Crippen LogP contribution in [0.2, 0.25) is 0 Å². The summed E-state index contributed by atoms with van der Waals surface area (Å²) >= 11 is 1.40. The van der Waals surface area contributed by atoms with E-state index in [4.69, 9.17) is 0 Å².